The van der Waals surface area contributed by atoms with Crippen LogP contribution < -0.4 is 10.9 Å². The predicted molar refractivity (Wildman–Crippen MR) is 118 cm³/mol. The number of nitrogens with zero attached hydrogens (tertiary/aromatic N) is 2. The van der Waals surface area contributed by atoms with Gasteiger partial charge in [-0.3, -0.25) is 14.2 Å². The van der Waals surface area contributed by atoms with E-state index in [1.807, 2.05) is 32.0 Å². The van der Waals surface area contributed by atoms with Gasteiger partial charge in [0.1, 0.15) is 5.82 Å². The van der Waals surface area contributed by atoms with Crippen molar-refractivity contribution >= 4 is 28.5 Å². The minimum Gasteiger partial charge on any atom is -0.452 e. The van der Waals surface area contributed by atoms with E-state index in [0.717, 1.165) is 48.3 Å². The van der Waals surface area contributed by atoms with Crippen LogP contribution in [0.15, 0.2) is 41.2 Å². The van der Waals surface area contributed by atoms with Crippen molar-refractivity contribution in [1.82, 2.24) is 9.55 Å². The van der Waals surface area contributed by atoms with Crippen LogP contribution >= 0.6 is 0 Å². The second-order valence-electron chi connectivity index (χ2n) is 7.60. The normalized spacial score (nSPS) is 12.6. The number of carbonyl (C=O) groups excluding carboxylic acids is 2. The lowest BCUT2D eigenvalue weighted by atomic mass is 10.0. The van der Waals surface area contributed by atoms with Gasteiger partial charge >= 0.3 is 5.97 Å². The third-order valence-corrected chi connectivity index (χ3v) is 5.65. The van der Waals surface area contributed by atoms with Crippen molar-refractivity contribution in [1.29, 1.82) is 0 Å². The van der Waals surface area contributed by atoms with Crippen molar-refractivity contribution in [2.75, 3.05) is 11.9 Å². The first-order valence-electron chi connectivity index (χ1n) is 10.6. The average Bonchev–Trinajstić information content (AvgIpc) is 3.26. The maximum atomic E-state index is 12.5. The Bertz CT molecular complexity index is 1210. The monoisotopic (exact) mass is 419 g/mol. The lowest BCUT2D eigenvalue weighted by Crippen LogP contribution is -2.23. The first-order valence-corrected chi connectivity index (χ1v) is 10.6. The average molecular weight is 419 g/mol. The second kappa shape index (κ2) is 8.71. The standard InChI is InChI=1S/C24H25N3O4/c1-3-15-7-5-8-16(4-2)22(15)26-21(28)14-31-24(30)17-10-11-18-19(13-17)25-20-9-6-12-27(20)23(18)29/h5,7-8,10-11,13H,3-4,6,9,12,14H2,1-2H3,(H,26,28). The number of nitrogens with one attached hydrogen (secondary N) is 1. The highest BCUT2D eigenvalue weighted by Gasteiger charge is 2.18. The molecule has 1 N–H and O–H groups in total. The molecule has 160 valence electrons. The number of hydrogen-bond acceptors (Lipinski definition) is 5. The molecule has 0 radical (unpaired) electrons. The zero-order valence-electron chi connectivity index (χ0n) is 17.7. The molecule has 2 heterocycles. The van der Waals surface area contributed by atoms with Crippen LogP contribution in [0, 0.1) is 0 Å². The Kier molecular flexibility index (Phi) is 5.84. The summed E-state index contributed by atoms with van der Waals surface area (Å²) in [5.41, 5.74) is 3.52. The van der Waals surface area contributed by atoms with Gasteiger partial charge in [-0.2, -0.15) is 0 Å². The summed E-state index contributed by atoms with van der Waals surface area (Å²) in [6.45, 7) is 4.34. The number of esters is 1. The highest BCUT2D eigenvalue weighted by atomic mass is 16.5. The Hall–Kier alpha value is -3.48. The molecule has 0 saturated heterocycles. The highest BCUT2D eigenvalue weighted by Crippen LogP contribution is 2.22. The molecule has 0 saturated carbocycles. The Labute approximate surface area is 180 Å². The highest BCUT2D eigenvalue weighted by molar-refractivity contribution is 5.98. The Balaban J connectivity index is 1.47. The summed E-state index contributed by atoms with van der Waals surface area (Å²) in [5, 5.41) is 3.36. The van der Waals surface area contributed by atoms with Gasteiger partial charge in [0.25, 0.3) is 11.5 Å². The number of carbonyl (C=O) groups is 2. The summed E-state index contributed by atoms with van der Waals surface area (Å²) < 4.78 is 6.90. The second-order valence-corrected chi connectivity index (χ2v) is 7.60. The lowest BCUT2D eigenvalue weighted by Gasteiger charge is -2.14. The van der Waals surface area contributed by atoms with Crippen molar-refractivity contribution < 1.29 is 14.3 Å². The van der Waals surface area contributed by atoms with Crippen LogP contribution in [0.25, 0.3) is 10.9 Å². The van der Waals surface area contributed by atoms with Crippen LogP contribution in [0.4, 0.5) is 5.69 Å². The van der Waals surface area contributed by atoms with Gasteiger partial charge in [-0.25, -0.2) is 9.78 Å². The van der Waals surface area contributed by atoms with Crippen molar-refractivity contribution in [2.45, 2.75) is 46.1 Å². The van der Waals surface area contributed by atoms with Gasteiger partial charge in [0.2, 0.25) is 0 Å². The summed E-state index contributed by atoms with van der Waals surface area (Å²) in [4.78, 5) is 42.0. The molecule has 0 bridgehead atoms. The van der Waals surface area contributed by atoms with Crippen LogP contribution in [0.1, 0.15) is 47.6 Å². The van der Waals surface area contributed by atoms with E-state index < -0.39 is 12.6 Å². The summed E-state index contributed by atoms with van der Waals surface area (Å²) in [7, 11) is 0. The molecule has 7 heteroatoms. The number of ether oxygens (including phenoxy) is 1. The zero-order valence-corrected chi connectivity index (χ0v) is 17.7. The number of benzene rings is 2. The number of para-hydroxylation sites is 1. The smallest absolute Gasteiger partial charge is 0.338 e. The summed E-state index contributed by atoms with van der Waals surface area (Å²) in [6, 6.07) is 10.6. The predicted octanol–water partition coefficient (Wildman–Crippen LogP) is 3.26. The minimum atomic E-state index is -0.626. The van der Waals surface area contributed by atoms with Crippen molar-refractivity contribution in [3.63, 3.8) is 0 Å². The molecule has 7 nitrogen and oxygen atoms in total. The molecule has 1 aliphatic heterocycles. The van der Waals surface area contributed by atoms with E-state index in [1.165, 1.54) is 6.07 Å². The van der Waals surface area contributed by atoms with Gasteiger partial charge in [-0.15, -0.1) is 0 Å². The van der Waals surface area contributed by atoms with E-state index in [4.69, 9.17) is 4.74 Å². The molecule has 1 aromatic heterocycles. The van der Waals surface area contributed by atoms with E-state index in [9.17, 15) is 14.4 Å². The maximum absolute atomic E-state index is 12.5. The fourth-order valence-corrected chi connectivity index (χ4v) is 4.00. The molecule has 31 heavy (non-hydrogen) atoms. The number of aromatic nitrogens is 2. The molecular formula is C24H25N3O4. The van der Waals surface area contributed by atoms with Gasteiger partial charge < -0.3 is 10.1 Å². The maximum Gasteiger partial charge on any atom is 0.338 e. The first-order chi connectivity index (χ1) is 15.0. The Morgan fingerprint density at radius 1 is 1.13 bits per heavy atom. The molecule has 0 spiro atoms. The summed E-state index contributed by atoms with van der Waals surface area (Å²) in [6.07, 6.45) is 3.22. The number of hydrogen-bond donors (Lipinski definition) is 1. The molecule has 1 amide bonds. The van der Waals surface area contributed by atoms with E-state index in [-0.39, 0.29) is 17.0 Å². The third-order valence-electron chi connectivity index (χ3n) is 5.65. The van der Waals surface area contributed by atoms with Gasteiger partial charge in [0.05, 0.1) is 16.5 Å². The van der Waals surface area contributed by atoms with Crippen LogP contribution in [0.2, 0.25) is 0 Å². The molecule has 0 aliphatic carbocycles. The fraction of sp³-hybridized carbons (Fsp3) is 0.333. The number of fused-ring (bicyclic) bond motifs is 2. The molecule has 1 aliphatic rings. The summed E-state index contributed by atoms with van der Waals surface area (Å²) in [5.74, 6) is -0.276. The molecular weight excluding hydrogens is 394 g/mol. The van der Waals surface area contributed by atoms with Gasteiger partial charge in [0, 0.05) is 18.7 Å². The number of anilines is 1. The quantitative estimate of drug-likeness (QED) is 0.620. The Morgan fingerprint density at radius 2 is 1.87 bits per heavy atom. The van der Waals surface area contributed by atoms with E-state index in [1.54, 1.807) is 16.7 Å². The molecule has 4 rings (SSSR count). The molecule has 0 fully saturated rings. The topological polar surface area (TPSA) is 90.3 Å². The van der Waals surface area contributed by atoms with Crippen molar-refractivity contribution in [3.05, 3.63) is 69.3 Å². The van der Waals surface area contributed by atoms with E-state index in [2.05, 4.69) is 10.3 Å². The zero-order chi connectivity index (χ0) is 22.0. The minimum absolute atomic E-state index is 0.0851. The number of aryl methyl sites for hydroxylation is 3. The first kappa shape index (κ1) is 20.8. The van der Waals surface area contributed by atoms with E-state index in [0.29, 0.717) is 17.4 Å². The molecule has 2 aromatic carbocycles. The van der Waals surface area contributed by atoms with Crippen molar-refractivity contribution in [2.24, 2.45) is 0 Å². The summed E-state index contributed by atoms with van der Waals surface area (Å²) >= 11 is 0. The molecule has 0 unspecified atom stereocenters. The van der Waals surface area contributed by atoms with Crippen LogP contribution in [0.3, 0.4) is 0 Å². The molecule has 3 aromatic rings. The van der Waals surface area contributed by atoms with Crippen molar-refractivity contribution in [3.8, 4) is 0 Å². The van der Waals surface area contributed by atoms with E-state index >= 15 is 0 Å². The van der Waals surface area contributed by atoms with Crippen LogP contribution in [-0.2, 0) is 35.3 Å². The van der Waals surface area contributed by atoms with Crippen LogP contribution in [0.5, 0.6) is 0 Å². The lowest BCUT2D eigenvalue weighted by molar-refractivity contribution is -0.119. The number of rotatable bonds is 6. The Morgan fingerprint density at radius 3 is 2.58 bits per heavy atom. The number of amides is 1. The largest absolute Gasteiger partial charge is 0.452 e. The fourth-order valence-electron chi connectivity index (χ4n) is 4.00. The SMILES string of the molecule is CCc1cccc(CC)c1NC(=O)COC(=O)c1ccc2c(=O)n3c(nc2c1)CCC3. The van der Waals surface area contributed by atoms with Gasteiger partial charge in [-0.1, -0.05) is 32.0 Å². The molecule has 0 atom stereocenters. The van der Waals surface area contributed by atoms with Crippen LogP contribution in [-0.4, -0.2) is 28.0 Å². The van der Waals surface area contributed by atoms with Gasteiger partial charge in [-0.05, 0) is 48.6 Å². The third kappa shape index (κ3) is 4.08. The van der Waals surface area contributed by atoms with Gasteiger partial charge in [0.15, 0.2) is 6.61 Å².